The van der Waals surface area contributed by atoms with Crippen LogP contribution in [0.25, 0.3) is 6.08 Å². The van der Waals surface area contributed by atoms with Crippen molar-refractivity contribution >= 4 is 23.2 Å². The van der Waals surface area contributed by atoms with E-state index in [0.717, 1.165) is 24.8 Å². The molecule has 0 aliphatic heterocycles. The third kappa shape index (κ3) is 2.07. The fraction of sp³-hybridized carbons (Fsp3) is 0.364. The van der Waals surface area contributed by atoms with Gasteiger partial charge in [-0.25, -0.2) is 0 Å². The molecule has 0 atom stereocenters. The van der Waals surface area contributed by atoms with E-state index in [1.807, 2.05) is 17.5 Å². The lowest BCUT2D eigenvalue weighted by Crippen LogP contribution is -2.07. The van der Waals surface area contributed by atoms with Gasteiger partial charge in [0.15, 0.2) is 5.78 Å². The Morgan fingerprint density at radius 1 is 1.31 bits per heavy atom. The van der Waals surface area contributed by atoms with Gasteiger partial charge in [0.05, 0.1) is 0 Å². The maximum absolute atomic E-state index is 11.5. The van der Waals surface area contributed by atoms with Crippen molar-refractivity contribution in [2.45, 2.75) is 25.7 Å². The van der Waals surface area contributed by atoms with Gasteiger partial charge in [-0.15, -0.1) is 11.3 Å². The molecule has 1 aliphatic rings. The number of hydrogen-bond donors (Lipinski definition) is 0. The van der Waals surface area contributed by atoms with E-state index >= 15 is 0 Å². The van der Waals surface area contributed by atoms with Crippen molar-refractivity contribution in [2.24, 2.45) is 0 Å². The molecule has 1 aromatic rings. The molecule has 1 fully saturated rings. The smallest absolute Gasteiger partial charge is 0.158 e. The van der Waals surface area contributed by atoms with Crippen LogP contribution in [-0.4, -0.2) is 5.78 Å². The summed E-state index contributed by atoms with van der Waals surface area (Å²) >= 11 is 1.69. The Balaban J connectivity index is 2.19. The van der Waals surface area contributed by atoms with Crippen LogP contribution in [0.15, 0.2) is 23.1 Å². The molecule has 0 amide bonds. The number of hydrogen-bond acceptors (Lipinski definition) is 2. The number of rotatable bonds is 1. The van der Waals surface area contributed by atoms with Gasteiger partial charge < -0.3 is 0 Å². The summed E-state index contributed by atoms with van der Waals surface area (Å²) in [6.07, 6.45) is 6.00. The van der Waals surface area contributed by atoms with Gasteiger partial charge in [-0.1, -0.05) is 6.07 Å². The molecule has 0 radical (unpaired) electrons. The second kappa shape index (κ2) is 3.88. The highest BCUT2D eigenvalue weighted by Gasteiger charge is 2.14. The van der Waals surface area contributed by atoms with Crippen LogP contribution in [0.1, 0.15) is 30.6 Å². The second-order valence-corrected chi connectivity index (χ2v) is 4.29. The molecule has 1 nitrogen and oxygen atoms in total. The number of allylic oxidation sites excluding steroid dienone is 1. The van der Waals surface area contributed by atoms with Gasteiger partial charge in [0.1, 0.15) is 0 Å². The first-order valence-corrected chi connectivity index (χ1v) is 5.51. The zero-order chi connectivity index (χ0) is 9.10. The zero-order valence-electron chi connectivity index (χ0n) is 7.45. The summed E-state index contributed by atoms with van der Waals surface area (Å²) in [6.45, 7) is 0. The lowest BCUT2D eigenvalue weighted by atomic mass is 9.93. The summed E-state index contributed by atoms with van der Waals surface area (Å²) in [5, 5.41) is 2.04. The standard InChI is InChI=1S/C11H12OS/c12-11-6-2-1-4-9(11)8-10-5-3-7-13-10/h3,5,7-8H,1-2,4,6H2/b9-8+. The topological polar surface area (TPSA) is 17.1 Å². The number of ketones is 1. The van der Waals surface area contributed by atoms with Gasteiger partial charge in [-0.3, -0.25) is 4.79 Å². The number of carbonyl (C=O) groups excluding carboxylic acids is 1. The largest absolute Gasteiger partial charge is 0.295 e. The van der Waals surface area contributed by atoms with Gasteiger partial charge in [0, 0.05) is 11.3 Å². The average Bonchev–Trinajstić information content (AvgIpc) is 2.61. The Bertz CT molecular complexity index is 322. The quantitative estimate of drug-likeness (QED) is 0.624. The Labute approximate surface area is 82.1 Å². The molecule has 1 aliphatic carbocycles. The zero-order valence-corrected chi connectivity index (χ0v) is 8.27. The maximum atomic E-state index is 11.5. The molecule has 1 saturated carbocycles. The highest BCUT2D eigenvalue weighted by Crippen LogP contribution is 2.23. The molecular weight excluding hydrogens is 180 g/mol. The summed E-state index contributed by atoms with van der Waals surface area (Å²) in [5.41, 5.74) is 1.02. The van der Waals surface area contributed by atoms with E-state index in [2.05, 4.69) is 6.07 Å². The average molecular weight is 192 g/mol. The van der Waals surface area contributed by atoms with Gasteiger partial charge in [-0.2, -0.15) is 0 Å². The third-order valence-electron chi connectivity index (χ3n) is 2.32. The lowest BCUT2D eigenvalue weighted by molar-refractivity contribution is -0.116. The fourth-order valence-corrected chi connectivity index (χ4v) is 2.28. The van der Waals surface area contributed by atoms with Crippen LogP contribution in [0.5, 0.6) is 0 Å². The lowest BCUT2D eigenvalue weighted by Gasteiger charge is -2.11. The molecule has 0 bridgehead atoms. The molecule has 0 N–H and O–H groups in total. The first-order valence-electron chi connectivity index (χ1n) is 4.63. The van der Waals surface area contributed by atoms with Gasteiger partial charge in [0.2, 0.25) is 0 Å². The summed E-state index contributed by atoms with van der Waals surface area (Å²) in [5.74, 6) is 0.347. The highest BCUT2D eigenvalue weighted by molar-refractivity contribution is 7.10. The molecule has 2 heteroatoms. The van der Waals surface area contributed by atoms with Crippen LogP contribution in [-0.2, 0) is 4.79 Å². The summed E-state index contributed by atoms with van der Waals surface area (Å²) in [7, 11) is 0. The van der Waals surface area contributed by atoms with Crippen molar-refractivity contribution in [1.82, 2.24) is 0 Å². The van der Waals surface area contributed by atoms with Crippen molar-refractivity contribution in [3.8, 4) is 0 Å². The summed E-state index contributed by atoms with van der Waals surface area (Å²) < 4.78 is 0. The van der Waals surface area contributed by atoms with E-state index in [-0.39, 0.29) is 0 Å². The molecule has 1 heterocycles. The SMILES string of the molecule is O=C1CCCC/C1=C\c1cccs1. The first kappa shape index (κ1) is 8.70. The van der Waals surface area contributed by atoms with E-state index in [0.29, 0.717) is 5.78 Å². The fourth-order valence-electron chi connectivity index (χ4n) is 1.60. The van der Waals surface area contributed by atoms with Crippen LogP contribution >= 0.6 is 11.3 Å². The van der Waals surface area contributed by atoms with E-state index in [1.165, 1.54) is 11.3 Å². The summed E-state index contributed by atoms with van der Waals surface area (Å²) in [6, 6.07) is 4.07. The molecule has 0 unspecified atom stereocenters. The molecule has 13 heavy (non-hydrogen) atoms. The van der Waals surface area contributed by atoms with E-state index < -0.39 is 0 Å². The van der Waals surface area contributed by atoms with Crippen LogP contribution < -0.4 is 0 Å². The van der Waals surface area contributed by atoms with Crippen molar-refractivity contribution < 1.29 is 4.79 Å². The molecule has 0 spiro atoms. The van der Waals surface area contributed by atoms with Crippen LogP contribution in [0.4, 0.5) is 0 Å². The van der Waals surface area contributed by atoms with Crippen molar-refractivity contribution in [3.05, 3.63) is 28.0 Å². The number of thiophene rings is 1. The molecule has 2 rings (SSSR count). The maximum Gasteiger partial charge on any atom is 0.158 e. The highest BCUT2D eigenvalue weighted by atomic mass is 32.1. The van der Waals surface area contributed by atoms with Crippen molar-refractivity contribution in [3.63, 3.8) is 0 Å². The minimum Gasteiger partial charge on any atom is -0.295 e. The van der Waals surface area contributed by atoms with Gasteiger partial charge >= 0.3 is 0 Å². The predicted molar refractivity (Wildman–Crippen MR) is 55.8 cm³/mol. The predicted octanol–water partition coefficient (Wildman–Crippen LogP) is 3.27. The Hall–Kier alpha value is -0.890. The van der Waals surface area contributed by atoms with Gasteiger partial charge in [-0.05, 0) is 42.4 Å². The molecular formula is C11H12OS. The Morgan fingerprint density at radius 2 is 2.15 bits per heavy atom. The van der Waals surface area contributed by atoms with E-state index in [9.17, 15) is 4.79 Å². The van der Waals surface area contributed by atoms with E-state index in [4.69, 9.17) is 0 Å². The van der Waals surface area contributed by atoms with Crippen molar-refractivity contribution in [2.75, 3.05) is 0 Å². The van der Waals surface area contributed by atoms with Gasteiger partial charge in [0.25, 0.3) is 0 Å². The third-order valence-corrected chi connectivity index (χ3v) is 3.14. The van der Waals surface area contributed by atoms with Crippen LogP contribution in [0.2, 0.25) is 0 Å². The minimum atomic E-state index is 0.347. The number of carbonyl (C=O) groups is 1. The van der Waals surface area contributed by atoms with Crippen molar-refractivity contribution in [1.29, 1.82) is 0 Å². The Morgan fingerprint density at radius 3 is 2.85 bits per heavy atom. The molecule has 1 aromatic heterocycles. The van der Waals surface area contributed by atoms with Crippen LogP contribution in [0, 0.1) is 0 Å². The van der Waals surface area contributed by atoms with Crippen LogP contribution in [0.3, 0.4) is 0 Å². The molecule has 68 valence electrons. The Kier molecular flexibility index (Phi) is 2.60. The first-order chi connectivity index (χ1) is 6.36. The second-order valence-electron chi connectivity index (χ2n) is 3.32. The normalized spacial score (nSPS) is 20.9. The summed E-state index contributed by atoms with van der Waals surface area (Å²) in [4.78, 5) is 12.7. The monoisotopic (exact) mass is 192 g/mol. The molecule has 0 saturated heterocycles. The minimum absolute atomic E-state index is 0.347. The molecule has 0 aromatic carbocycles. The number of Topliss-reactive ketones (excluding diaryl/α,β-unsaturated/α-hetero) is 1. The van der Waals surface area contributed by atoms with E-state index in [1.54, 1.807) is 11.3 Å².